The van der Waals surface area contributed by atoms with E-state index in [9.17, 15) is 23.1 Å². The molecule has 3 nitrogen and oxygen atoms in total. The monoisotopic (exact) mass is 421 g/mol. The highest BCUT2D eigenvalue weighted by atomic mass is 19.4. The minimum Gasteiger partial charge on any atom is -0.481 e. The van der Waals surface area contributed by atoms with Gasteiger partial charge in [0.15, 0.2) is 0 Å². The van der Waals surface area contributed by atoms with Crippen LogP contribution >= 0.6 is 0 Å². The number of benzene rings is 1. The van der Waals surface area contributed by atoms with Crippen LogP contribution in [-0.2, 0) is 11.0 Å². The van der Waals surface area contributed by atoms with Crippen molar-refractivity contribution in [1.29, 1.82) is 0 Å². The first-order chi connectivity index (χ1) is 13.8. The molecule has 0 radical (unpaired) electrons. The number of hydrogen-bond acceptors (Lipinski definition) is 2. The van der Waals surface area contributed by atoms with E-state index >= 15 is 0 Å². The fraction of sp³-hybridized carbons (Fsp3) is 0.542. The molecule has 1 aromatic carbocycles. The van der Waals surface area contributed by atoms with Gasteiger partial charge in [0.2, 0.25) is 0 Å². The lowest BCUT2D eigenvalue weighted by atomic mass is 9.79. The molecule has 2 rings (SSSR count). The molecule has 164 valence electrons. The van der Waals surface area contributed by atoms with Gasteiger partial charge in [0, 0.05) is 19.0 Å². The zero-order chi connectivity index (χ0) is 22.7. The van der Waals surface area contributed by atoms with Crippen molar-refractivity contribution in [3.8, 4) is 11.8 Å². The third-order valence-corrected chi connectivity index (χ3v) is 5.41. The van der Waals surface area contributed by atoms with Crippen LogP contribution in [0.1, 0.15) is 64.1 Å². The lowest BCUT2D eigenvalue weighted by molar-refractivity contribution is -0.139. The van der Waals surface area contributed by atoms with Crippen molar-refractivity contribution in [2.45, 2.75) is 65.2 Å². The fourth-order valence-corrected chi connectivity index (χ4v) is 4.01. The Morgan fingerprint density at radius 2 is 1.87 bits per heavy atom. The summed E-state index contributed by atoms with van der Waals surface area (Å²) in [5.74, 6) is 5.49. The third kappa shape index (κ3) is 6.37. The van der Waals surface area contributed by atoms with Gasteiger partial charge >= 0.3 is 12.1 Å². The summed E-state index contributed by atoms with van der Waals surface area (Å²) in [4.78, 5) is 13.5. The second-order valence-corrected chi connectivity index (χ2v) is 9.18. The largest absolute Gasteiger partial charge is 0.481 e. The Labute approximate surface area is 177 Å². The Balaban J connectivity index is 2.45. The molecule has 0 unspecified atom stereocenters. The first-order valence-corrected chi connectivity index (χ1v) is 10.1. The highest BCUT2D eigenvalue weighted by Gasteiger charge is 2.39. The topological polar surface area (TPSA) is 40.5 Å². The normalized spacial score (nSPS) is 21.4. The van der Waals surface area contributed by atoms with Crippen molar-refractivity contribution in [1.82, 2.24) is 4.90 Å². The predicted molar refractivity (Wildman–Crippen MR) is 112 cm³/mol. The molecule has 0 bridgehead atoms. The number of carboxylic acid groups (broad SMARTS) is 1. The average molecular weight is 422 g/mol. The van der Waals surface area contributed by atoms with Crippen LogP contribution in [0.5, 0.6) is 0 Å². The maximum atomic E-state index is 13.0. The van der Waals surface area contributed by atoms with Crippen molar-refractivity contribution in [2.24, 2.45) is 11.3 Å². The van der Waals surface area contributed by atoms with E-state index in [1.54, 1.807) is 0 Å². The van der Waals surface area contributed by atoms with Gasteiger partial charge < -0.3 is 5.11 Å². The van der Waals surface area contributed by atoms with Crippen LogP contribution in [-0.4, -0.2) is 28.6 Å². The maximum Gasteiger partial charge on any atom is 0.416 e. The van der Waals surface area contributed by atoms with Gasteiger partial charge in [-0.1, -0.05) is 51.3 Å². The molecule has 3 atom stereocenters. The first-order valence-electron chi connectivity index (χ1n) is 10.1. The van der Waals surface area contributed by atoms with E-state index in [1.807, 2.05) is 6.92 Å². The molecule has 0 aliphatic carbocycles. The molecule has 1 aromatic rings. The Morgan fingerprint density at radius 3 is 2.33 bits per heavy atom. The summed E-state index contributed by atoms with van der Waals surface area (Å²) >= 11 is 0. The second-order valence-electron chi connectivity index (χ2n) is 9.18. The lowest BCUT2D eigenvalue weighted by Gasteiger charge is -2.46. The van der Waals surface area contributed by atoms with Gasteiger partial charge in [0.05, 0.1) is 11.6 Å². The molecule has 1 heterocycles. The van der Waals surface area contributed by atoms with E-state index in [0.29, 0.717) is 19.4 Å². The maximum absolute atomic E-state index is 13.0. The smallest absolute Gasteiger partial charge is 0.416 e. The number of aliphatic carboxylic acids is 1. The summed E-state index contributed by atoms with van der Waals surface area (Å²) < 4.78 is 39.0. The van der Waals surface area contributed by atoms with E-state index in [1.165, 1.54) is 12.1 Å². The van der Waals surface area contributed by atoms with Gasteiger partial charge in [0.1, 0.15) is 0 Å². The molecule has 1 aliphatic heterocycles. The molecule has 1 aliphatic rings. The first kappa shape index (κ1) is 24.0. The summed E-state index contributed by atoms with van der Waals surface area (Å²) in [6.07, 6.45) is -3.05. The van der Waals surface area contributed by atoms with Gasteiger partial charge in [0.25, 0.3) is 0 Å². The average Bonchev–Trinajstić information content (AvgIpc) is 2.60. The van der Waals surface area contributed by atoms with Gasteiger partial charge in [-0.05, 0) is 54.4 Å². The summed E-state index contributed by atoms with van der Waals surface area (Å²) in [7, 11) is 0. The molecule has 0 saturated carbocycles. The molecule has 0 amide bonds. The standard InChI is InChI=1S/C24H30F3NO2/c1-16(2)6-11-21(23(3,4)5)28-13-12-17(15-22(29)30)14-20(28)18-7-9-19(10-8-18)24(25,26)27/h7-10,17,20-21H,1,12-15H2,2-5H3,(H,29,30)/t17-,20+,21-/m1/s1. The minimum atomic E-state index is -4.39. The van der Waals surface area contributed by atoms with Crippen LogP contribution < -0.4 is 0 Å². The number of likely N-dealkylation sites (tertiary alicyclic amines) is 1. The number of rotatable bonds is 4. The number of piperidine rings is 1. The number of carboxylic acids is 1. The number of allylic oxidation sites excluding steroid dienone is 1. The van der Waals surface area contributed by atoms with Gasteiger partial charge in [-0.3, -0.25) is 9.69 Å². The second kappa shape index (κ2) is 9.26. The fourth-order valence-electron chi connectivity index (χ4n) is 4.01. The van der Waals surface area contributed by atoms with Crippen molar-refractivity contribution in [3.05, 3.63) is 47.5 Å². The highest BCUT2D eigenvalue weighted by Crippen LogP contribution is 2.41. The quantitative estimate of drug-likeness (QED) is 0.613. The van der Waals surface area contributed by atoms with E-state index in [4.69, 9.17) is 0 Å². The van der Waals surface area contributed by atoms with Crippen LogP contribution in [0.3, 0.4) is 0 Å². The molecule has 30 heavy (non-hydrogen) atoms. The summed E-state index contributed by atoms with van der Waals surface area (Å²) in [6, 6.07) is 4.87. The van der Waals surface area contributed by atoms with E-state index in [2.05, 4.69) is 44.1 Å². The molecule has 1 fully saturated rings. The molecular weight excluding hydrogens is 391 g/mol. The van der Waals surface area contributed by atoms with E-state index in [0.717, 1.165) is 23.3 Å². The highest BCUT2D eigenvalue weighted by molar-refractivity contribution is 5.67. The van der Waals surface area contributed by atoms with Crippen molar-refractivity contribution >= 4 is 5.97 Å². The van der Waals surface area contributed by atoms with Crippen molar-refractivity contribution < 1.29 is 23.1 Å². The van der Waals surface area contributed by atoms with E-state index < -0.39 is 17.7 Å². The molecule has 1 N–H and O–H groups in total. The third-order valence-electron chi connectivity index (χ3n) is 5.41. The lowest BCUT2D eigenvalue weighted by Crippen LogP contribution is -2.49. The van der Waals surface area contributed by atoms with Crippen molar-refractivity contribution in [3.63, 3.8) is 0 Å². The van der Waals surface area contributed by atoms with Crippen LogP contribution in [0.15, 0.2) is 36.4 Å². The Bertz CT molecular complexity index is 825. The zero-order valence-electron chi connectivity index (χ0n) is 18.0. The summed E-state index contributed by atoms with van der Waals surface area (Å²) in [5, 5.41) is 9.23. The number of alkyl halides is 3. The van der Waals surface area contributed by atoms with Crippen LogP contribution in [0.25, 0.3) is 0 Å². The van der Waals surface area contributed by atoms with Crippen LogP contribution in [0.2, 0.25) is 0 Å². The van der Waals surface area contributed by atoms with Crippen molar-refractivity contribution in [2.75, 3.05) is 6.54 Å². The predicted octanol–water partition coefficient (Wildman–Crippen LogP) is 5.93. The number of hydrogen-bond donors (Lipinski definition) is 1. The van der Waals surface area contributed by atoms with Crippen LogP contribution in [0.4, 0.5) is 13.2 Å². The number of halogens is 3. The Morgan fingerprint density at radius 1 is 1.27 bits per heavy atom. The van der Waals surface area contributed by atoms with Gasteiger partial charge in [-0.2, -0.15) is 13.2 Å². The van der Waals surface area contributed by atoms with E-state index in [-0.39, 0.29) is 29.8 Å². The molecule has 0 aromatic heterocycles. The van der Waals surface area contributed by atoms with Crippen LogP contribution in [0, 0.1) is 23.2 Å². The zero-order valence-corrected chi connectivity index (χ0v) is 18.0. The number of nitrogens with zero attached hydrogens (tertiary/aromatic N) is 1. The Kier molecular flexibility index (Phi) is 7.41. The minimum absolute atomic E-state index is 0.0271. The van der Waals surface area contributed by atoms with Gasteiger partial charge in [-0.15, -0.1) is 0 Å². The number of carbonyl (C=O) groups is 1. The Hall–Kier alpha value is -2.26. The summed E-state index contributed by atoms with van der Waals surface area (Å²) in [5.41, 5.74) is 0.609. The molecule has 0 spiro atoms. The SMILES string of the molecule is C=C(C)C#C[C@@H](N1CC[C@@H](CC(=O)O)C[C@H]1c1ccc(C(F)(F)F)cc1)C(C)(C)C. The molecular formula is C24H30F3NO2. The molecule has 1 saturated heterocycles. The van der Waals surface area contributed by atoms with Gasteiger partial charge in [-0.25, -0.2) is 0 Å². The summed E-state index contributed by atoms with van der Waals surface area (Å²) in [6.45, 7) is 12.6. The molecule has 6 heteroatoms.